The molecule has 0 aliphatic rings. The van der Waals surface area contributed by atoms with Gasteiger partial charge >= 0.3 is 0 Å². The molecule has 0 saturated carbocycles. The van der Waals surface area contributed by atoms with Gasteiger partial charge in [0.2, 0.25) is 0 Å². The summed E-state index contributed by atoms with van der Waals surface area (Å²) in [5, 5.41) is 29.2. The van der Waals surface area contributed by atoms with Crippen molar-refractivity contribution in [1.82, 2.24) is 24.9 Å². The largest absolute Gasteiger partial charge is 0.387 e. The smallest absolute Gasteiger partial charge is 0.255 e. The van der Waals surface area contributed by atoms with E-state index in [4.69, 9.17) is 5.26 Å². The lowest BCUT2D eigenvalue weighted by atomic mass is 10.0. The number of hydrogen-bond acceptors (Lipinski definition) is 8. The Bertz CT molecular complexity index is 1670. The number of aromatic nitrogens is 4. The number of nitriles is 1. The standard InChI is InChI=1S/C26H22FN7O2S/c1-26(2,36)24(27)13-30-25(35)18-12-29-21(22-6-4-17-7-15(10-28)11-32-34(17)22)9-20(18)33-16-3-5-19-23(8-16)37-14-31-19/h3-9,11-12,14,24,36H,13H2,1-2H3,(H,29,33)(H,30,35)/t24-/m1/s1. The Morgan fingerprint density at radius 3 is 2.84 bits per heavy atom. The Hall–Kier alpha value is -4.40. The zero-order valence-corrected chi connectivity index (χ0v) is 20.8. The van der Waals surface area contributed by atoms with Crippen molar-refractivity contribution in [3.63, 3.8) is 0 Å². The highest BCUT2D eigenvalue weighted by Crippen LogP contribution is 2.29. The first kappa shape index (κ1) is 24.3. The van der Waals surface area contributed by atoms with Crippen LogP contribution in [0.25, 0.3) is 27.1 Å². The molecule has 1 atom stereocenters. The van der Waals surface area contributed by atoms with Crippen LogP contribution in [0.2, 0.25) is 0 Å². The lowest BCUT2D eigenvalue weighted by Gasteiger charge is -2.22. The van der Waals surface area contributed by atoms with Crippen molar-refractivity contribution in [1.29, 1.82) is 5.26 Å². The Morgan fingerprint density at radius 1 is 1.22 bits per heavy atom. The van der Waals surface area contributed by atoms with E-state index in [1.54, 1.807) is 22.2 Å². The highest BCUT2D eigenvalue weighted by molar-refractivity contribution is 7.16. The van der Waals surface area contributed by atoms with Gasteiger partial charge in [-0.1, -0.05) is 0 Å². The number of carbonyl (C=O) groups is 1. The van der Waals surface area contributed by atoms with Gasteiger partial charge in [0, 0.05) is 11.9 Å². The molecule has 1 amide bonds. The predicted octanol–water partition coefficient (Wildman–Crippen LogP) is 4.46. The van der Waals surface area contributed by atoms with E-state index in [1.807, 2.05) is 30.3 Å². The Morgan fingerprint density at radius 2 is 2.05 bits per heavy atom. The van der Waals surface area contributed by atoms with Crippen molar-refractivity contribution >= 4 is 44.4 Å². The number of alkyl halides is 1. The van der Waals surface area contributed by atoms with E-state index in [1.165, 1.54) is 37.6 Å². The first-order valence-electron chi connectivity index (χ1n) is 11.4. The molecule has 186 valence electrons. The highest BCUT2D eigenvalue weighted by atomic mass is 32.1. The van der Waals surface area contributed by atoms with Crippen molar-refractivity contribution in [2.24, 2.45) is 0 Å². The highest BCUT2D eigenvalue weighted by Gasteiger charge is 2.27. The number of thiazole rings is 1. The van der Waals surface area contributed by atoms with Crippen LogP contribution < -0.4 is 10.6 Å². The maximum absolute atomic E-state index is 14.3. The Labute approximate surface area is 215 Å². The average molecular weight is 516 g/mol. The minimum Gasteiger partial charge on any atom is -0.387 e. The molecule has 0 saturated heterocycles. The van der Waals surface area contributed by atoms with Crippen LogP contribution in [-0.2, 0) is 0 Å². The van der Waals surface area contributed by atoms with Crippen LogP contribution in [0.4, 0.5) is 15.8 Å². The minimum atomic E-state index is -1.65. The number of aliphatic hydroxyl groups is 1. The normalized spacial score (nSPS) is 12.4. The molecule has 0 spiro atoms. The van der Waals surface area contributed by atoms with Crippen molar-refractivity contribution < 1.29 is 14.3 Å². The van der Waals surface area contributed by atoms with Crippen LogP contribution in [0.3, 0.4) is 0 Å². The lowest BCUT2D eigenvalue weighted by Crippen LogP contribution is -2.42. The summed E-state index contributed by atoms with van der Waals surface area (Å²) < 4.78 is 16.9. The summed E-state index contributed by atoms with van der Waals surface area (Å²) in [5.74, 6) is -0.538. The Kier molecular flexibility index (Phi) is 6.29. The number of benzene rings is 1. The molecule has 4 aromatic heterocycles. The molecule has 4 heterocycles. The summed E-state index contributed by atoms with van der Waals surface area (Å²) in [6.07, 6.45) is 1.24. The third-order valence-electron chi connectivity index (χ3n) is 5.86. The van der Waals surface area contributed by atoms with Crippen molar-refractivity contribution in [3.8, 4) is 17.5 Å². The summed E-state index contributed by atoms with van der Waals surface area (Å²) in [5.41, 5.74) is 4.80. The quantitative estimate of drug-likeness (QED) is 0.292. The van der Waals surface area contributed by atoms with E-state index in [2.05, 4.69) is 31.8 Å². The molecule has 11 heteroatoms. The van der Waals surface area contributed by atoms with Gasteiger partial charge in [-0.05, 0) is 56.3 Å². The summed E-state index contributed by atoms with van der Waals surface area (Å²) in [6, 6.07) is 14.8. The second-order valence-electron chi connectivity index (χ2n) is 9.02. The van der Waals surface area contributed by atoms with Crippen molar-refractivity contribution in [2.75, 3.05) is 11.9 Å². The molecule has 9 nitrogen and oxygen atoms in total. The van der Waals surface area contributed by atoms with Gasteiger partial charge in [0.05, 0.1) is 67.8 Å². The number of anilines is 2. The summed E-state index contributed by atoms with van der Waals surface area (Å²) in [6.45, 7) is 2.33. The first-order chi connectivity index (χ1) is 17.7. The number of halogens is 1. The summed E-state index contributed by atoms with van der Waals surface area (Å²) in [4.78, 5) is 21.8. The molecule has 5 rings (SSSR count). The van der Waals surface area contributed by atoms with Crippen molar-refractivity contribution in [3.05, 3.63) is 71.5 Å². The second kappa shape index (κ2) is 9.57. The fourth-order valence-electron chi connectivity index (χ4n) is 3.75. The molecule has 0 fully saturated rings. The molecule has 5 aromatic rings. The third-order valence-corrected chi connectivity index (χ3v) is 6.65. The maximum Gasteiger partial charge on any atom is 0.255 e. The lowest BCUT2D eigenvalue weighted by molar-refractivity contribution is -0.00177. The van der Waals surface area contributed by atoms with E-state index in [-0.39, 0.29) is 12.1 Å². The van der Waals surface area contributed by atoms with Gasteiger partial charge in [0.25, 0.3) is 5.91 Å². The van der Waals surface area contributed by atoms with E-state index >= 15 is 0 Å². The number of fused-ring (bicyclic) bond motifs is 2. The van der Waals surface area contributed by atoms with E-state index in [0.29, 0.717) is 22.6 Å². The van der Waals surface area contributed by atoms with Gasteiger partial charge in [0.15, 0.2) is 0 Å². The number of nitrogens with one attached hydrogen (secondary N) is 2. The summed E-state index contributed by atoms with van der Waals surface area (Å²) in [7, 11) is 0. The van der Waals surface area contributed by atoms with Crippen molar-refractivity contribution in [2.45, 2.75) is 25.6 Å². The maximum atomic E-state index is 14.3. The van der Waals surface area contributed by atoms with Gasteiger partial charge in [0.1, 0.15) is 12.2 Å². The van der Waals surface area contributed by atoms with Gasteiger partial charge in [-0.15, -0.1) is 11.3 Å². The monoisotopic (exact) mass is 515 g/mol. The molecule has 0 radical (unpaired) electrons. The van der Waals surface area contributed by atoms with E-state index in [0.717, 1.165) is 21.4 Å². The van der Waals surface area contributed by atoms with Gasteiger partial charge in [-0.3, -0.25) is 9.78 Å². The SMILES string of the molecule is CC(C)(O)[C@H](F)CNC(=O)c1cnc(-c2ccc3cc(C#N)cnn23)cc1Nc1ccc2ncsc2c1. The fraction of sp³-hybridized carbons (Fsp3) is 0.192. The number of carbonyl (C=O) groups excluding carboxylic acids is 1. The molecular formula is C26H22FN7O2S. The number of amides is 1. The van der Waals surface area contributed by atoms with Crippen LogP contribution in [0, 0.1) is 11.3 Å². The van der Waals surface area contributed by atoms with Gasteiger partial charge in [-0.2, -0.15) is 10.4 Å². The van der Waals surface area contributed by atoms with Crippen LogP contribution >= 0.6 is 11.3 Å². The number of rotatable bonds is 7. The fourth-order valence-corrected chi connectivity index (χ4v) is 4.47. The van der Waals surface area contributed by atoms with Gasteiger partial charge < -0.3 is 15.7 Å². The molecule has 0 aliphatic heterocycles. The Balaban J connectivity index is 1.52. The van der Waals surface area contributed by atoms with E-state index in [9.17, 15) is 14.3 Å². The zero-order chi connectivity index (χ0) is 26.2. The van der Waals surface area contributed by atoms with Crippen LogP contribution in [0.1, 0.15) is 29.8 Å². The van der Waals surface area contributed by atoms with Crippen LogP contribution in [0.5, 0.6) is 0 Å². The van der Waals surface area contributed by atoms with Crippen LogP contribution in [0.15, 0.2) is 60.4 Å². The number of hydrogen-bond donors (Lipinski definition) is 3. The molecule has 1 aromatic carbocycles. The minimum absolute atomic E-state index is 0.205. The molecule has 0 unspecified atom stereocenters. The predicted molar refractivity (Wildman–Crippen MR) is 140 cm³/mol. The molecule has 37 heavy (non-hydrogen) atoms. The molecule has 0 bridgehead atoms. The first-order valence-corrected chi connectivity index (χ1v) is 12.2. The molecule has 3 N–H and O–H groups in total. The summed E-state index contributed by atoms with van der Waals surface area (Å²) >= 11 is 1.50. The number of pyridine rings is 1. The third kappa shape index (κ3) is 4.97. The second-order valence-corrected chi connectivity index (χ2v) is 9.90. The van der Waals surface area contributed by atoms with E-state index < -0.39 is 17.7 Å². The molecule has 0 aliphatic carbocycles. The van der Waals surface area contributed by atoms with Crippen LogP contribution in [-0.4, -0.2) is 48.9 Å². The molecular weight excluding hydrogens is 493 g/mol. The zero-order valence-electron chi connectivity index (χ0n) is 19.9. The average Bonchev–Trinajstić information content (AvgIpc) is 3.52. The number of nitrogens with zero attached hydrogens (tertiary/aromatic N) is 5. The van der Waals surface area contributed by atoms with Gasteiger partial charge in [-0.25, -0.2) is 13.9 Å². The topological polar surface area (TPSA) is 128 Å².